The van der Waals surface area contributed by atoms with Crippen LogP contribution >= 0.6 is 11.3 Å². The SMILES string of the molecule is O=c1[nH]c(C=Cc2ccc(F)cc2)nc2sc3c(c12)CCCC3. The second-order valence-corrected chi connectivity index (χ2v) is 6.81. The molecule has 3 nitrogen and oxygen atoms in total. The number of hydrogen-bond acceptors (Lipinski definition) is 3. The normalized spacial score (nSPS) is 14.5. The van der Waals surface area contributed by atoms with Crippen molar-refractivity contribution in [1.29, 1.82) is 0 Å². The highest BCUT2D eigenvalue weighted by atomic mass is 32.1. The number of halogens is 1. The Kier molecular flexibility index (Phi) is 3.58. The summed E-state index contributed by atoms with van der Waals surface area (Å²) in [6.45, 7) is 0. The molecule has 116 valence electrons. The van der Waals surface area contributed by atoms with Gasteiger partial charge in [-0.25, -0.2) is 9.37 Å². The minimum Gasteiger partial charge on any atom is -0.306 e. The van der Waals surface area contributed by atoms with Gasteiger partial charge in [0, 0.05) is 4.88 Å². The van der Waals surface area contributed by atoms with Crippen molar-refractivity contribution in [3.05, 3.63) is 62.3 Å². The maximum atomic E-state index is 12.9. The third-order valence-corrected chi connectivity index (χ3v) is 5.33. The molecule has 0 atom stereocenters. The number of aryl methyl sites for hydroxylation is 2. The van der Waals surface area contributed by atoms with Crippen LogP contribution in [0.25, 0.3) is 22.4 Å². The minimum atomic E-state index is -0.265. The Morgan fingerprint density at radius 3 is 2.74 bits per heavy atom. The van der Waals surface area contributed by atoms with E-state index >= 15 is 0 Å². The molecule has 0 saturated carbocycles. The topological polar surface area (TPSA) is 45.8 Å². The van der Waals surface area contributed by atoms with E-state index in [2.05, 4.69) is 9.97 Å². The van der Waals surface area contributed by atoms with Crippen molar-refractivity contribution < 1.29 is 4.39 Å². The van der Waals surface area contributed by atoms with Crippen LogP contribution in [0.5, 0.6) is 0 Å². The highest BCUT2D eigenvalue weighted by Gasteiger charge is 2.19. The Morgan fingerprint density at radius 1 is 1.13 bits per heavy atom. The van der Waals surface area contributed by atoms with Gasteiger partial charge >= 0.3 is 0 Å². The summed E-state index contributed by atoms with van der Waals surface area (Å²) >= 11 is 1.64. The standard InChI is InChI=1S/C18H15FN2OS/c19-12-8-5-11(6-9-12)7-10-15-20-17(22)16-13-3-1-2-4-14(13)23-18(16)21-15/h5-10H,1-4H2,(H,20,21,22). The molecule has 0 aliphatic heterocycles. The van der Waals surface area contributed by atoms with Crippen LogP contribution in [0.15, 0.2) is 29.1 Å². The highest BCUT2D eigenvalue weighted by molar-refractivity contribution is 7.18. The summed E-state index contributed by atoms with van der Waals surface area (Å²) in [6, 6.07) is 6.19. The molecular formula is C18H15FN2OS. The van der Waals surface area contributed by atoms with Crippen LogP contribution in [0.3, 0.4) is 0 Å². The molecule has 0 spiro atoms. The maximum absolute atomic E-state index is 12.9. The van der Waals surface area contributed by atoms with E-state index in [9.17, 15) is 9.18 Å². The number of nitrogens with one attached hydrogen (secondary N) is 1. The van der Waals surface area contributed by atoms with Crippen molar-refractivity contribution in [1.82, 2.24) is 9.97 Å². The van der Waals surface area contributed by atoms with Gasteiger partial charge in [-0.2, -0.15) is 0 Å². The Bertz CT molecular complexity index is 954. The van der Waals surface area contributed by atoms with Crippen LogP contribution in [0, 0.1) is 5.82 Å². The fraction of sp³-hybridized carbons (Fsp3) is 0.222. The van der Waals surface area contributed by atoms with Crippen LogP contribution < -0.4 is 5.56 Å². The number of nitrogens with zero attached hydrogens (tertiary/aromatic N) is 1. The van der Waals surface area contributed by atoms with Crippen molar-refractivity contribution in [3.8, 4) is 0 Å². The summed E-state index contributed by atoms with van der Waals surface area (Å²) in [7, 11) is 0. The van der Waals surface area contributed by atoms with Crippen LogP contribution in [-0.2, 0) is 12.8 Å². The van der Waals surface area contributed by atoms with Gasteiger partial charge in [0.1, 0.15) is 16.5 Å². The van der Waals surface area contributed by atoms with E-state index in [4.69, 9.17) is 0 Å². The number of thiophene rings is 1. The average molecular weight is 326 g/mol. The highest BCUT2D eigenvalue weighted by Crippen LogP contribution is 2.33. The molecule has 3 aromatic rings. The lowest BCUT2D eigenvalue weighted by Crippen LogP contribution is -2.11. The fourth-order valence-electron chi connectivity index (χ4n) is 3.01. The number of hydrogen-bond donors (Lipinski definition) is 1. The largest absolute Gasteiger partial charge is 0.306 e. The van der Waals surface area contributed by atoms with E-state index in [1.165, 1.54) is 29.0 Å². The lowest BCUT2D eigenvalue weighted by Gasteiger charge is -2.09. The van der Waals surface area contributed by atoms with Crippen molar-refractivity contribution in [2.75, 3.05) is 0 Å². The van der Waals surface area contributed by atoms with Gasteiger partial charge in [-0.05, 0) is 55.0 Å². The lowest BCUT2D eigenvalue weighted by molar-refractivity contribution is 0.628. The van der Waals surface area contributed by atoms with Crippen LogP contribution in [0.4, 0.5) is 4.39 Å². The Labute approximate surface area is 136 Å². The first-order valence-corrected chi connectivity index (χ1v) is 8.50. The molecule has 2 heterocycles. The number of H-pyrrole nitrogens is 1. The van der Waals surface area contributed by atoms with Gasteiger partial charge in [-0.3, -0.25) is 4.79 Å². The monoisotopic (exact) mass is 326 g/mol. The molecule has 1 aromatic carbocycles. The molecule has 1 aliphatic carbocycles. The first-order chi connectivity index (χ1) is 11.2. The second-order valence-electron chi connectivity index (χ2n) is 5.73. The van der Waals surface area contributed by atoms with Gasteiger partial charge in [0.25, 0.3) is 5.56 Å². The van der Waals surface area contributed by atoms with E-state index in [0.717, 1.165) is 35.0 Å². The van der Waals surface area contributed by atoms with E-state index < -0.39 is 0 Å². The van der Waals surface area contributed by atoms with Gasteiger partial charge in [0.2, 0.25) is 0 Å². The molecule has 5 heteroatoms. The van der Waals surface area contributed by atoms with Crippen molar-refractivity contribution in [2.45, 2.75) is 25.7 Å². The Hall–Kier alpha value is -2.27. The average Bonchev–Trinajstić information content (AvgIpc) is 2.93. The molecule has 0 bridgehead atoms. The number of fused-ring (bicyclic) bond motifs is 3. The van der Waals surface area contributed by atoms with Gasteiger partial charge in [-0.15, -0.1) is 11.3 Å². The summed E-state index contributed by atoms with van der Waals surface area (Å²) in [4.78, 5) is 22.0. The quantitative estimate of drug-likeness (QED) is 0.768. The van der Waals surface area contributed by atoms with Crippen molar-refractivity contribution >= 4 is 33.7 Å². The first-order valence-electron chi connectivity index (χ1n) is 7.69. The minimum absolute atomic E-state index is 0.0619. The van der Waals surface area contributed by atoms with Gasteiger partial charge in [0.15, 0.2) is 0 Å². The predicted molar refractivity (Wildman–Crippen MR) is 92.2 cm³/mol. The second kappa shape index (κ2) is 5.74. The zero-order valence-electron chi connectivity index (χ0n) is 12.4. The molecule has 4 rings (SSSR count). The van der Waals surface area contributed by atoms with Gasteiger partial charge in [-0.1, -0.05) is 18.2 Å². The van der Waals surface area contributed by atoms with Gasteiger partial charge < -0.3 is 4.98 Å². The molecule has 2 aromatic heterocycles. The van der Waals surface area contributed by atoms with E-state index in [1.807, 2.05) is 6.08 Å². The van der Waals surface area contributed by atoms with Crippen LogP contribution in [-0.4, -0.2) is 9.97 Å². The summed E-state index contributed by atoms with van der Waals surface area (Å²) in [5.41, 5.74) is 1.99. The third kappa shape index (κ3) is 2.72. The fourth-order valence-corrected chi connectivity index (χ4v) is 4.28. The molecule has 0 fully saturated rings. The summed E-state index contributed by atoms with van der Waals surface area (Å²) in [5.74, 6) is 0.268. The summed E-state index contributed by atoms with van der Waals surface area (Å²) in [5, 5.41) is 0.767. The van der Waals surface area contributed by atoms with Gasteiger partial charge in [0.05, 0.1) is 5.39 Å². The smallest absolute Gasteiger partial charge is 0.260 e. The van der Waals surface area contributed by atoms with Crippen LogP contribution in [0.2, 0.25) is 0 Å². The number of aromatic amines is 1. The number of rotatable bonds is 2. The molecular weight excluding hydrogens is 311 g/mol. The summed E-state index contributed by atoms with van der Waals surface area (Å²) < 4.78 is 12.9. The summed E-state index contributed by atoms with van der Waals surface area (Å²) in [6.07, 6.45) is 7.94. The first kappa shape index (κ1) is 14.3. The van der Waals surface area contributed by atoms with E-state index in [0.29, 0.717) is 5.82 Å². The van der Waals surface area contributed by atoms with E-state index in [1.54, 1.807) is 29.5 Å². The Morgan fingerprint density at radius 2 is 1.91 bits per heavy atom. The molecule has 0 saturated heterocycles. The lowest BCUT2D eigenvalue weighted by atomic mass is 9.97. The molecule has 0 radical (unpaired) electrons. The van der Waals surface area contributed by atoms with Crippen molar-refractivity contribution in [2.24, 2.45) is 0 Å². The molecule has 23 heavy (non-hydrogen) atoms. The van der Waals surface area contributed by atoms with Crippen molar-refractivity contribution in [3.63, 3.8) is 0 Å². The molecule has 1 N–H and O–H groups in total. The molecule has 0 unspecified atom stereocenters. The third-order valence-electron chi connectivity index (χ3n) is 4.15. The van der Waals surface area contributed by atoms with E-state index in [-0.39, 0.29) is 11.4 Å². The Balaban J connectivity index is 1.74. The molecule has 1 aliphatic rings. The zero-order valence-corrected chi connectivity index (χ0v) is 13.3. The predicted octanol–water partition coefficient (Wildman–Crippen LogP) is 4.17. The zero-order chi connectivity index (χ0) is 15.8. The van der Waals surface area contributed by atoms with Crippen LogP contribution in [0.1, 0.15) is 34.7 Å². The number of aromatic nitrogens is 2. The number of benzene rings is 1. The maximum Gasteiger partial charge on any atom is 0.260 e. The molecule has 0 amide bonds.